The molecule has 1 atom stereocenters. The minimum absolute atomic E-state index is 0.413. The molecule has 4 rings (SSSR count). The van der Waals surface area contributed by atoms with Gasteiger partial charge in [0, 0.05) is 10.6 Å². The van der Waals surface area contributed by atoms with Gasteiger partial charge in [0.15, 0.2) is 0 Å². The van der Waals surface area contributed by atoms with Crippen molar-refractivity contribution in [1.82, 2.24) is 0 Å². The third kappa shape index (κ3) is 5.13. The summed E-state index contributed by atoms with van der Waals surface area (Å²) in [6, 6.07) is 39.7. The Labute approximate surface area is 175 Å². The molecular weight excluding hydrogens is 390 g/mol. The first kappa shape index (κ1) is 19.8. The van der Waals surface area contributed by atoms with Crippen molar-refractivity contribution in [2.75, 3.05) is 6.16 Å². The average Bonchev–Trinajstić information content (AvgIpc) is 2.81. The maximum absolute atomic E-state index is 13.0. The van der Waals surface area contributed by atoms with Gasteiger partial charge in [-0.2, -0.15) is 0 Å². The molecule has 0 fully saturated rings. The van der Waals surface area contributed by atoms with E-state index >= 15 is 0 Å². The fourth-order valence-corrected chi connectivity index (χ4v) is 7.24. The van der Waals surface area contributed by atoms with E-state index < -0.39 is 15.7 Å². The highest BCUT2D eigenvalue weighted by molar-refractivity contribution is 7.73. The van der Waals surface area contributed by atoms with E-state index in [0.29, 0.717) is 0 Å². The van der Waals surface area contributed by atoms with Crippen LogP contribution in [0.4, 0.5) is 0 Å². The van der Waals surface area contributed by atoms with Gasteiger partial charge in [0.1, 0.15) is 7.80 Å². The van der Waals surface area contributed by atoms with Gasteiger partial charge in [-0.25, -0.2) is 0 Å². The smallest absolute Gasteiger partial charge is 0.131 e. The first-order chi connectivity index (χ1) is 14.3. The standard InChI is InChI=1S/C26H24OP2/c27-29(25-16-8-3-9-17-25)26-18-10-11-22(21-26)19-20-28(23-12-4-1-5-13-23)24-14-6-2-7-15-24/h1-18,21,29H,19-20H2. The van der Waals surface area contributed by atoms with Crippen molar-refractivity contribution in [3.63, 3.8) is 0 Å². The van der Waals surface area contributed by atoms with E-state index in [0.717, 1.165) is 23.2 Å². The Morgan fingerprint density at radius 1 is 0.586 bits per heavy atom. The number of hydrogen-bond donors (Lipinski definition) is 0. The molecule has 0 N–H and O–H groups in total. The third-order valence-electron chi connectivity index (χ3n) is 4.98. The van der Waals surface area contributed by atoms with Crippen LogP contribution in [0.15, 0.2) is 115 Å². The summed E-state index contributed by atoms with van der Waals surface area (Å²) in [6.45, 7) is 0. The van der Waals surface area contributed by atoms with Crippen molar-refractivity contribution in [3.05, 3.63) is 121 Å². The Hall–Kier alpha value is -2.46. The van der Waals surface area contributed by atoms with E-state index in [9.17, 15) is 4.57 Å². The summed E-state index contributed by atoms with van der Waals surface area (Å²) in [5.74, 6) is 0. The van der Waals surface area contributed by atoms with Crippen LogP contribution in [0.2, 0.25) is 0 Å². The number of hydrogen-bond acceptors (Lipinski definition) is 1. The van der Waals surface area contributed by atoms with Crippen LogP contribution < -0.4 is 21.2 Å². The van der Waals surface area contributed by atoms with Gasteiger partial charge in [0.2, 0.25) is 0 Å². The van der Waals surface area contributed by atoms with Gasteiger partial charge < -0.3 is 4.57 Å². The molecule has 4 aromatic rings. The molecular formula is C26H24OP2. The van der Waals surface area contributed by atoms with Crippen LogP contribution in [0.5, 0.6) is 0 Å². The lowest BCUT2D eigenvalue weighted by Crippen LogP contribution is -2.15. The lowest BCUT2D eigenvalue weighted by molar-refractivity contribution is 0.598. The molecule has 0 heterocycles. The zero-order valence-electron chi connectivity index (χ0n) is 16.2. The largest absolute Gasteiger partial charge is 0.317 e. The van der Waals surface area contributed by atoms with Crippen LogP contribution in [0, 0.1) is 0 Å². The second-order valence-electron chi connectivity index (χ2n) is 6.97. The van der Waals surface area contributed by atoms with Crippen LogP contribution in [0.3, 0.4) is 0 Å². The molecule has 0 spiro atoms. The highest BCUT2D eigenvalue weighted by Crippen LogP contribution is 2.34. The topological polar surface area (TPSA) is 17.1 Å². The fourth-order valence-electron chi connectivity index (χ4n) is 3.49. The van der Waals surface area contributed by atoms with Gasteiger partial charge in [-0.1, -0.05) is 109 Å². The summed E-state index contributed by atoms with van der Waals surface area (Å²) < 4.78 is 13.0. The van der Waals surface area contributed by atoms with E-state index in [2.05, 4.69) is 72.8 Å². The normalized spacial score (nSPS) is 12.0. The molecule has 0 saturated carbocycles. The molecule has 0 aromatic heterocycles. The Kier molecular flexibility index (Phi) is 6.73. The van der Waals surface area contributed by atoms with Crippen molar-refractivity contribution in [3.8, 4) is 0 Å². The summed E-state index contributed by atoms with van der Waals surface area (Å²) in [6.07, 6.45) is 2.06. The second kappa shape index (κ2) is 9.84. The Balaban J connectivity index is 1.55. The molecule has 1 nitrogen and oxygen atoms in total. The van der Waals surface area contributed by atoms with Gasteiger partial charge in [0.25, 0.3) is 0 Å². The Bertz CT molecular complexity index is 1020. The quantitative estimate of drug-likeness (QED) is 0.394. The lowest BCUT2D eigenvalue weighted by Gasteiger charge is -2.19. The molecule has 0 bridgehead atoms. The first-order valence-electron chi connectivity index (χ1n) is 9.87. The van der Waals surface area contributed by atoms with Crippen LogP contribution in [0.25, 0.3) is 0 Å². The van der Waals surface area contributed by atoms with Crippen LogP contribution in [-0.4, -0.2) is 6.16 Å². The zero-order valence-corrected chi connectivity index (χ0v) is 18.1. The van der Waals surface area contributed by atoms with Crippen molar-refractivity contribution in [1.29, 1.82) is 0 Å². The molecule has 1 unspecified atom stereocenters. The average molecular weight is 414 g/mol. The van der Waals surface area contributed by atoms with Gasteiger partial charge in [-0.05, 0) is 42.7 Å². The SMILES string of the molecule is O=[PH](c1ccccc1)c1cccc(CCP(c2ccccc2)c2ccccc2)c1. The van der Waals surface area contributed by atoms with Crippen LogP contribution >= 0.6 is 15.7 Å². The minimum Gasteiger partial charge on any atom is -0.317 e. The predicted octanol–water partition coefficient (Wildman–Crippen LogP) is 4.87. The highest BCUT2D eigenvalue weighted by Gasteiger charge is 2.14. The minimum atomic E-state index is -1.95. The first-order valence-corrected chi connectivity index (χ1v) is 12.8. The van der Waals surface area contributed by atoms with Gasteiger partial charge in [0.05, 0.1) is 0 Å². The summed E-state index contributed by atoms with van der Waals surface area (Å²) in [7, 11) is -2.37. The molecule has 144 valence electrons. The summed E-state index contributed by atoms with van der Waals surface area (Å²) in [5, 5.41) is 4.68. The monoisotopic (exact) mass is 414 g/mol. The molecule has 0 amide bonds. The highest BCUT2D eigenvalue weighted by atomic mass is 31.1. The summed E-state index contributed by atoms with van der Waals surface area (Å²) >= 11 is 0. The molecule has 0 aliphatic heterocycles. The number of benzene rings is 4. The summed E-state index contributed by atoms with van der Waals surface area (Å²) in [4.78, 5) is 0. The molecule has 0 radical (unpaired) electrons. The Morgan fingerprint density at radius 2 is 1.10 bits per heavy atom. The predicted molar refractivity (Wildman–Crippen MR) is 129 cm³/mol. The molecule has 0 saturated heterocycles. The van der Waals surface area contributed by atoms with E-state index in [1.165, 1.54) is 16.2 Å². The van der Waals surface area contributed by atoms with Crippen molar-refractivity contribution in [2.24, 2.45) is 0 Å². The Morgan fingerprint density at radius 3 is 1.69 bits per heavy atom. The van der Waals surface area contributed by atoms with E-state index in [4.69, 9.17) is 0 Å². The van der Waals surface area contributed by atoms with Crippen LogP contribution in [-0.2, 0) is 11.0 Å². The number of aryl methyl sites for hydroxylation is 1. The maximum atomic E-state index is 13.0. The van der Waals surface area contributed by atoms with E-state index in [1.54, 1.807) is 0 Å². The third-order valence-corrected chi connectivity index (χ3v) is 9.19. The fraction of sp³-hybridized carbons (Fsp3) is 0.0769. The van der Waals surface area contributed by atoms with Crippen LogP contribution in [0.1, 0.15) is 5.56 Å². The molecule has 3 heteroatoms. The zero-order chi connectivity index (χ0) is 19.9. The van der Waals surface area contributed by atoms with E-state index in [-0.39, 0.29) is 0 Å². The molecule has 0 aliphatic carbocycles. The maximum Gasteiger partial charge on any atom is 0.131 e. The van der Waals surface area contributed by atoms with Crippen molar-refractivity contribution < 1.29 is 4.57 Å². The van der Waals surface area contributed by atoms with E-state index in [1.807, 2.05) is 42.5 Å². The second-order valence-corrected chi connectivity index (χ2v) is 11.1. The van der Waals surface area contributed by atoms with Gasteiger partial charge in [-0.3, -0.25) is 0 Å². The van der Waals surface area contributed by atoms with Crippen molar-refractivity contribution >= 4 is 36.9 Å². The molecule has 29 heavy (non-hydrogen) atoms. The van der Waals surface area contributed by atoms with Crippen molar-refractivity contribution in [2.45, 2.75) is 6.42 Å². The number of rotatable bonds is 7. The summed E-state index contributed by atoms with van der Waals surface area (Å²) in [5.41, 5.74) is 1.26. The molecule has 4 aromatic carbocycles. The van der Waals surface area contributed by atoms with Gasteiger partial charge >= 0.3 is 0 Å². The lowest BCUT2D eigenvalue weighted by atomic mass is 10.2. The van der Waals surface area contributed by atoms with Gasteiger partial charge in [-0.15, -0.1) is 0 Å². The molecule has 0 aliphatic rings.